The lowest BCUT2D eigenvalue weighted by atomic mass is 10.1. The molecule has 0 saturated heterocycles. The molecular formula is C15H15N3O3. The van der Waals surface area contributed by atoms with Crippen molar-refractivity contribution in [2.75, 3.05) is 11.1 Å². The molecule has 2 aromatic carbocycles. The third-order valence-corrected chi connectivity index (χ3v) is 3.14. The number of benzene rings is 2. The van der Waals surface area contributed by atoms with Crippen molar-refractivity contribution < 1.29 is 9.72 Å². The summed E-state index contributed by atoms with van der Waals surface area (Å²) in [5.74, 6) is -0.546. The molecule has 0 aliphatic rings. The Labute approximate surface area is 121 Å². The molecule has 0 fully saturated rings. The second-order valence-electron chi connectivity index (χ2n) is 4.47. The molecule has 0 aromatic heterocycles. The van der Waals surface area contributed by atoms with Crippen molar-refractivity contribution in [2.24, 2.45) is 0 Å². The van der Waals surface area contributed by atoms with E-state index in [1.165, 1.54) is 18.2 Å². The fraction of sp³-hybridized carbons (Fsp3) is 0.133. The Kier molecular flexibility index (Phi) is 4.18. The average molecular weight is 285 g/mol. The van der Waals surface area contributed by atoms with Gasteiger partial charge in [-0.1, -0.05) is 31.2 Å². The summed E-state index contributed by atoms with van der Waals surface area (Å²) in [6, 6.07) is 11.6. The maximum Gasteiger partial charge on any atom is 0.304 e. The van der Waals surface area contributed by atoms with Crippen LogP contribution in [0.5, 0.6) is 0 Å². The van der Waals surface area contributed by atoms with Gasteiger partial charge in [-0.2, -0.15) is 0 Å². The summed E-state index contributed by atoms with van der Waals surface area (Å²) < 4.78 is 0. The summed E-state index contributed by atoms with van der Waals surface area (Å²) in [7, 11) is 0. The lowest BCUT2D eigenvalue weighted by Crippen LogP contribution is -2.15. The van der Waals surface area contributed by atoms with E-state index in [4.69, 9.17) is 5.73 Å². The molecule has 0 aliphatic carbocycles. The van der Waals surface area contributed by atoms with Crippen LogP contribution >= 0.6 is 0 Å². The number of nitrogens with two attached hydrogens (primary N) is 1. The van der Waals surface area contributed by atoms with Gasteiger partial charge in [-0.3, -0.25) is 14.9 Å². The zero-order valence-corrected chi connectivity index (χ0v) is 11.5. The van der Waals surface area contributed by atoms with Crippen LogP contribution in [0.4, 0.5) is 17.1 Å². The maximum atomic E-state index is 12.3. The third kappa shape index (κ3) is 3.00. The second kappa shape index (κ2) is 6.04. The van der Waals surface area contributed by atoms with E-state index in [9.17, 15) is 14.9 Å². The van der Waals surface area contributed by atoms with Crippen LogP contribution in [0, 0.1) is 10.1 Å². The number of nitro groups is 1. The van der Waals surface area contributed by atoms with Gasteiger partial charge in [0.2, 0.25) is 0 Å². The number of nitrogens with one attached hydrogen (secondary N) is 1. The van der Waals surface area contributed by atoms with Gasteiger partial charge in [-0.05, 0) is 30.2 Å². The summed E-state index contributed by atoms with van der Waals surface area (Å²) in [6.07, 6.45) is 0.746. The van der Waals surface area contributed by atoms with E-state index in [2.05, 4.69) is 5.32 Å². The average Bonchev–Trinajstić information content (AvgIpc) is 2.47. The zero-order valence-electron chi connectivity index (χ0n) is 11.5. The van der Waals surface area contributed by atoms with Gasteiger partial charge in [-0.15, -0.1) is 0 Å². The minimum absolute atomic E-state index is 0.0311. The molecule has 0 aliphatic heterocycles. The molecule has 0 radical (unpaired) electrons. The van der Waals surface area contributed by atoms with E-state index in [0.717, 1.165) is 12.0 Å². The highest BCUT2D eigenvalue weighted by atomic mass is 16.6. The number of amides is 1. The number of rotatable bonds is 4. The second-order valence-corrected chi connectivity index (χ2v) is 4.47. The number of nitro benzene ring substituents is 1. The summed E-state index contributed by atoms with van der Waals surface area (Å²) >= 11 is 0. The van der Waals surface area contributed by atoms with Crippen LogP contribution < -0.4 is 11.1 Å². The zero-order chi connectivity index (χ0) is 15.4. The summed E-state index contributed by atoms with van der Waals surface area (Å²) in [5, 5.41) is 13.8. The van der Waals surface area contributed by atoms with E-state index in [0.29, 0.717) is 5.69 Å². The molecule has 0 saturated carbocycles. The monoisotopic (exact) mass is 285 g/mol. The number of aryl methyl sites for hydroxylation is 1. The largest absolute Gasteiger partial charge is 0.393 e. The van der Waals surface area contributed by atoms with Crippen LogP contribution in [0.25, 0.3) is 0 Å². The Hall–Kier alpha value is -2.89. The first-order chi connectivity index (χ1) is 10.0. The van der Waals surface area contributed by atoms with Crippen molar-refractivity contribution in [3.8, 4) is 0 Å². The Bertz CT molecular complexity index is 698. The molecule has 0 atom stereocenters. The molecule has 0 spiro atoms. The van der Waals surface area contributed by atoms with Gasteiger partial charge in [-0.25, -0.2) is 0 Å². The number of carbonyl (C=O) groups is 1. The van der Waals surface area contributed by atoms with E-state index in [-0.39, 0.29) is 16.9 Å². The molecule has 2 aromatic rings. The first-order valence-electron chi connectivity index (χ1n) is 6.46. The number of para-hydroxylation sites is 2. The SMILES string of the molecule is CCc1ccccc1NC(=O)c1cccc(N)c1[N+](=O)[O-]. The van der Waals surface area contributed by atoms with Gasteiger partial charge in [0.15, 0.2) is 0 Å². The molecule has 21 heavy (non-hydrogen) atoms. The molecule has 6 nitrogen and oxygen atoms in total. The summed E-state index contributed by atoms with van der Waals surface area (Å²) in [4.78, 5) is 22.7. The van der Waals surface area contributed by atoms with Gasteiger partial charge < -0.3 is 11.1 Å². The first-order valence-corrected chi connectivity index (χ1v) is 6.46. The Morgan fingerprint density at radius 1 is 1.24 bits per heavy atom. The van der Waals surface area contributed by atoms with Gasteiger partial charge in [0.05, 0.1) is 4.92 Å². The topological polar surface area (TPSA) is 98.3 Å². The van der Waals surface area contributed by atoms with E-state index in [1.54, 1.807) is 12.1 Å². The lowest BCUT2D eigenvalue weighted by molar-refractivity contribution is -0.384. The van der Waals surface area contributed by atoms with E-state index in [1.807, 2.05) is 19.1 Å². The lowest BCUT2D eigenvalue weighted by Gasteiger charge is -2.10. The minimum atomic E-state index is -0.643. The highest BCUT2D eigenvalue weighted by Crippen LogP contribution is 2.27. The highest BCUT2D eigenvalue weighted by molar-refractivity contribution is 6.08. The van der Waals surface area contributed by atoms with Crippen LogP contribution in [0.2, 0.25) is 0 Å². The maximum absolute atomic E-state index is 12.3. The fourth-order valence-electron chi connectivity index (χ4n) is 2.09. The smallest absolute Gasteiger partial charge is 0.304 e. The Morgan fingerprint density at radius 2 is 1.95 bits per heavy atom. The van der Waals surface area contributed by atoms with Gasteiger partial charge >= 0.3 is 5.69 Å². The van der Waals surface area contributed by atoms with E-state index >= 15 is 0 Å². The molecule has 3 N–H and O–H groups in total. The molecule has 108 valence electrons. The summed E-state index contributed by atoms with van der Waals surface area (Å²) in [6.45, 7) is 1.97. The van der Waals surface area contributed by atoms with Crippen LogP contribution in [-0.2, 0) is 6.42 Å². The predicted molar refractivity (Wildman–Crippen MR) is 81.3 cm³/mol. The number of nitrogens with zero attached hydrogens (tertiary/aromatic N) is 1. The fourth-order valence-corrected chi connectivity index (χ4v) is 2.09. The van der Waals surface area contributed by atoms with Crippen molar-refractivity contribution >= 4 is 23.0 Å². The Morgan fingerprint density at radius 3 is 2.62 bits per heavy atom. The van der Waals surface area contributed by atoms with Crippen LogP contribution in [0.1, 0.15) is 22.8 Å². The number of nitrogen functional groups attached to an aromatic ring is 1. The summed E-state index contributed by atoms with van der Waals surface area (Å²) in [5.41, 5.74) is 6.73. The number of hydrogen-bond donors (Lipinski definition) is 2. The molecule has 2 rings (SSSR count). The first kappa shape index (κ1) is 14.5. The molecular weight excluding hydrogens is 270 g/mol. The normalized spacial score (nSPS) is 10.1. The predicted octanol–water partition coefficient (Wildman–Crippen LogP) is 2.99. The highest BCUT2D eigenvalue weighted by Gasteiger charge is 2.23. The minimum Gasteiger partial charge on any atom is -0.393 e. The van der Waals surface area contributed by atoms with Crippen molar-refractivity contribution in [3.05, 3.63) is 63.7 Å². The molecule has 0 unspecified atom stereocenters. The molecule has 6 heteroatoms. The number of anilines is 2. The number of hydrogen-bond acceptors (Lipinski definition) is 4. The molecule has 0 bridgehead atoms. The standard InChI is InChI=1S/C15H15N3O3/c1-2-10-6-3-4-9-13(10)17-15(19)11-7-5-8-12(16)14(11)18(20)21/h3-9H,2,16H2,1H3,(H,17,19). The number of carbonyl (C=O) groups excluding carboxylic acids is 1. The quantitative estimate of drug-likeness (QED) is 0.512. The van der Waals surface area contributed by atoms with Crippen molar-refractivity contribution in [1.82, 2.24) is 0 Å². The van der Waals surface area contributed by atoms with E-state index < -0.39 is 10.8 Å². The van der Waals surface area contributed by atoms with Crippen LogP contribution in [-0.4, -0.2) is 10.8 Å². The van der Waals surface area contributed by atoms with Crippen LogP contribution in [0.3, 0.4) is 0 Å². The molecule has 1 amide bonds. The van der Waals surface area contributed by atoms with Crippen molar-refractivity contribution in [3.63, 3.8) is 0 Å². The Balaban J connectivity index is 2.38. The van der Waals surface area contributed by atoms with Gasteiger partial charge in [0.25, 0.3) is 5.91 Å². The van der Waals surface area contributed by atoms with Gasteiger partial charge in [0.1, 0.15) is 11.3 Å². The van der Waals surface area contributed by atoms with Crippen molar-refractivity contribution in [2.45, 2.75) is 13.3 Å². The van der Waals surface area contributed by atoms with Crippen molar-refractivity contribution in [1.29, 1.82) is 0 Å². The van der Waals surface area contributed by atoms with Gasteiger partial charge in [0, 0.05) is 5.69 Å². The third-order valence-electron chi connectivity index (χ3n) is 3.14. The van der Waals surface area contributed by atoms with Crippen LogP contribution in [0.15, 0.2) is 42.5 Å². The molecule has 0 heterocycles.